The minimum Gasteiger partial charge on any atom is -0.309 e. The lowest BCUT2D eigenvalue weighted by Crippen LogP contribution is -2.42. The Bertz CT molecular complexity index is 710. The van der Waals surface area contributed by atoms with Crippen LogP contribution in [0, 0.1) is 0 Å². The molecule has 1 aliphatic carbocycles. The average Bonchev–Trinajstić information content (AvgIpc) is 2.80. The van der Waals surface area contributed by atoms with Gasteiger partial charge in [0.25, 0.3) is 0 Å². The Hall–Kier alpha value is -1.65. The van der Waals surface area contributed by atoms with Crippen molar-refractivity contribution in [3.05, 3.63) is 65.7 Å². The molecule has 0 aromatic heterocycles. The number of nitrogens with two attached hydrogens (primary N) is 1. The highest BCUT2D eigenvalue weighted by atomic mass is 32.2. The fraction of sp³-hybridized carbons (Fsp3) is 0.200. The summed E-state index contributed by atoms with van der Waals surface area (Å²) < 4.78 is 25.6. The van der Waals surface area contributed by atoms with Crippen molar-refractivity contribution < 1.29 is 8.42 Å². The highest BCUT2D eigenvalue weighted by molar-refractivity contribution is 7.92. The van der Waals surface area contributed by atoms with E-state index in [1.54, 1.807) is 30.3 Å². The number of hydrogen-bond acceptors (Lipinski definition) is 3. The van der Waals surface area contributed by atoms with Crippen molar-refractivity contribution in [2.45, 2.75) is 22.6 Å². The zero-order valence-electron chi connectivity index (χ0n) is 10.4. The molecule has 0 fully saturated rings. The second-order valence-corrected chi connectivity index (χ2v) is 7.07. The van der Waals surface area contributed by atoms with Crippen molar-refractivity contribution in [2.75, 3.05) is 0 Å². The second-order valence-electron chi connectivity index (χ2n) is 4.86. The first-order valence-electron chi connectivity index (χ1n) is 6.23. The van der Waals surface area contributed by atoms with Crippen LogP contribution in [0.1, 0.15) is 17.5 Å². The Labute approximate surface area is 113 Å². The molecule has 0 bridgehead atoms. The van der Waals surface area contributed by atoms with E-state index in [1.165, 1.54) is 0 Å². The molecule has 19 heavy (non-hydrogen) atoms. The average molecular weight is 273 g/mol. The van der Waals surface area contributed by atoms with Crippen LogP contribution in [0.3, 0.4) is 0 Å². The molecule has 0 heterocycles. The molecule has 0 spiro atoms. The van der Waals surface area contributed by atoms with E-state index in [1.807, 2.05) is 24.3 Å². The van der Waals surface area contributed by atoms with Crippen molar-refractivity contribution in [3.63, 3.8) is 0 Å². The molecule has 0 amide bonds. The first-order valence-corrected chi connectivity index (χ1v) is 7.71. The fourth-order valence-corrected chi connectivity index (χ4v) is 4.49. The Balaban J connectivity index is 2.18. The first kappa shape index (κ1) is 12.4. The van der Waals surface area contributed by atoms with Crippen LogP contribution in [0.4, 0.5) is 0 Å². The highest BCUT2D eigenvalue weighted by Gasteiger charge is 2.46. The number of sulfone groups is 1. The van der Waals surface area contributed by atoms with Crippen LogP contribution in [-0.4, -0.2) is 8.42 Å². The van der Waals surface area contributed by atoms with E-state index >= 15 is 0 Å². The molecule has 2 N–H and O–H groups in total. The molecule has 3 rings (SSSR count). The molecule has 4 heteroatoms. The van der Waals surface area contributed by atoms with Gasteiger partial charge < -0.3 is 5.73 Å². The van der Waals surface area contributed by atoms with E-state index in [4.69, 9.17) is 5.73 Å². The van der Waals surface area contributed by atoms with E-state index in [9.17, 15) is 8.42 Å². The van der Waals surface area contributed by atoms with Gasteiger partial charge in [-0.3, -0.25) is 0 Å². The lowest BCUT2D eigenvalue weighted by Gasteiger charge is -2.25. The van der Waals surface area contributed by atoms with Gasteiger partial charge in [0.05, 0.1) is 4.90 Å². The standard InChI is InChI=1S/C15H15NO2S/c16-15(11-10-12-6-4-5-9-14(12)15)19(17,18)13-7-2-1-3-8-13/h1-9H,10-11,16H2. The largest absolute Gasteiger partial charge is 0.309 e. The molecular weight excluding hydrogens is 258 g/mol. The predicted molar refractivity (Wildman–Crippen MR) is 74.3 cm³/mol. The zero-order chi connectivity index (χ0) is 13.5. The van der Waals surface area contributed by atoms with E-state index in [-0.39, 0.29) is 4.90 Å². The summed E-state index contributed by atoms with van der Waals surface area (Å²) in [5, 5.41) is 0. The van der Waals surface area contributed by atoms with Crippen LogP contribution in [0.25, 0.3) is 0 Å². The van der Waals surface area contributed by atoms with Crippen LogP contribution >= 0.6 is 0 Å². The summed E-state index contributed by atoms with van der Waals surface area (Å²) in [4.78, 5) is -1.01. The molecule has 0 radical (unpaired) electrons. The number of benzene rings is 2. The number of hydrogen-bond donors (Lipinski definition) is 1. The SMILES string of the molecule is NC1(S(=O)(=O)c2ccccc2)CCc2ccccc21. The molecule has 1 aliphatic rings. The summed E-state index contributed by atoms with van der Waals surface area (Å²) >= 11 is 0. The molecule has 3 nitrogen and oxygen atoms in total. The highest BCUT2D eigenvalue weighted by Crippen LogP contribution is 2.41. The summed E-state index contributed by atoms with van der Waals surface area (Å²) in [6.07, 6.45) is 1.14. The second kappa shape index (κ2) is 4.18. The lowest BCUT2D eigenvalue weighted by molar-refractivity contribution is 0.523. The lowest BCUT2D eigenvalue weighted by atomic mass is 10.1. The van der Waals surface area contributed by atoms with Crippen LogP contribution < -0.4 is 5.73 Å². The monoisotopic (exact) mass is 273 g/mol. The molecule has 0 saturated carbocycles. The van der Waals surface area contributed by atoms with Crippen LogP contribution in [0.15, 0.2) is 59.5 Å². The third-order valence-corrected chi connectivity index (χ3v) is 6.05. The van der Waals surface area contributed by atoms with Gasteiger partial charge in [-0.2, -0.15) is 0 Å². The van der Waals surface area contributed by atoms with Gasteiger partial charge in [-0.05, 0) is 36.1 Å². The molecule has 98 valence electrons. The van der Waals surface area contributed by atoms with Crippen LogP contribution in [0.5, 0.6) is 0 Å². The van der Waals surface area contributed by atoms with Gasteiger partial charge in [0, 0.05) is 0 Å². The van der Waals surface area contributed by atoms with Gasteiger partial charge in [0.2, 0.25) is 9.84 Å². The maximum Gasteiger partial charge on any atom is 0.201 e. The van der Waals surface area contributed by atoms with Gasteiger partial charge in [0.1, 0.15) is 4.87 Å². The molecule has 1 atom stereocenters. The van der Waals surface area contributed by atoms with E-state index in [0.717, 1.165) is 11.1 Å². The fourth-order valence-electron chi connectivity index (χ4n) is 2.70. The first-order chi connectivity index (χ1) is 9.06. The van der Waals surface area contributed by atoms with E-state index in [2.05, 4.69) is 0 Å². The van der Waals surface area contributed by atoms with Gasteiger partial charge in [-0.15, -0.1) is 0 Å². The summed E-state index contributed by atoms with van der Waals surface area (Å²) in [7, 11) is -3.57. The van der Waals surface area contributed by atoms with Crippen molar-refractivity contribution in [1.82, 2.24) is 0 Å². The molecule has 0 aliphatic heterocycles. The number of aryl methyl sites for hydroxylation is 1. The van der Waals surface area contributed by atoms with E-state index < -0.39 is 14.7 Å². The maximum absolute atomic E-state index is 12.8. The number of rotatable bonds is 2. The molecule has 2 aromatic carbocycles. The normalized spacial score (nSPS) is 22.2. The number of fused-ring (bicyclic) bond motifs is 1. The van der Waals surface area contributed by atoms with Crippen molar-refractivity contribution in [2.24, 2.45) is 5.73 Å². The Morgan fingerprint density at radius 1 is 0.947 bits per heavy atom. The Kier molecular flexibility index (Phi) is 2.73. The van der Waals surface area contributed by atoms with Gasteiger partial charge in [-0.1, -0.05) is 42.5 Å². The minimum absolute atomic E-state index is 0.286. The quantitative estimate of drug-likeness (QED) is 0.912. The smallest absolute Gasteiger partial charge is 0.201 e. The van der Waals surface area contributed by atoms with Crippen LogP contribution in [-0.2, 0) is 21.1 Å². The van der Waals surface area contributed by atoms with Crippen LogP contribution in [0.2, 0.25) is 0 Å². The predicted octanol–water partition coefficient (Wildman–Crippen LogP) is 2.22. The Morgan fingerprint density at radius 3 is 2.32 bits per heavy atom. The topological polar surface area (TPSA) is 60.2 Å². The third-order valence-electron chi connectivity index (χ3n) is 3.77. The summed E-state index contributed by atoms with van der Waals surface area (Å²) in [5.74, 6) is 0. The van der Waals surface area contributed by atoms with E-state index in [0.29, 0.717) is 12.8 Å². The zero-order valence-corrected chi connectivity index (χ0v) is 11.2. The molecule has 2 aromatic rings. The minimum atomic E-state index is -3.57. The van der Waals surface area contributed by atoms with Gasteiger partial charge in [-0.25, -0.2) is 8.42 Å². The summed E-state index contributed by atoms with van der Waals surface area (Å²) in [6.45, 7) is 0. The summed E-state index contributed by atoms with van der Waals surface area (Å²) in [6, 6.07) is 16.0. The van der Waals surface area contributed by atoms with Gasteiger partial charge in [0.15, 0.2) is 0 Å². The van der Waals surface area contributed by atoms with Crippen molar-refractivity contribution in [1.29, 1.82) is 0 Å². The molecule has 1 unspecified atom stereocenters. The molecule has 0 saturated heterocycles. The summed E-state index contributed by atoms with van der Waals surface area (Å²) in [5.41, 5.74) is 8.06. The Morgan fingerprint density at radius 2 is 1.58 bits per heavy atom. The van der Waals surface area contributed by atoms with Crippen molar-refractivity contribution in [3.8, 4) is 0 Å². The van der Waals surface area contributed by atoms with Gasteiger partial charge >= 0.3 is 0 Å². The van der Waals surface area contributed by atoms with Crippen molar-refractivity contribution >= 4 is 9.84 Å². The molecular formula is C15H15NO2S. The maximum atomic E-state index is 12.8. The third kappa shape index (κ3) is 1.71.